The fourth-order valence-corrected chi connectivity index (χ4v) is 4.32. The first kappa shape index (κ1) is 22.2. The van der Waals surface area contributed by atoms with Crippen molar-refractivity contribution in [2.75, 3.05) is 6.54 Å². The highest BCUT2D eigenvalue weighted by Gasteiger charge is 2.38. The summed E-state index contributed by atoms with van der Waals surface area (Å²) in [5.74, 6) is -0.163. The average molecular weight is 430 g/mol. The summed E-state index contributed by atoms with van der Waals surface area (Å²) in [6.07, 6.45) is 2.57. The molecule has 0 bridgehead atoms. The van der Waals surface area contributed by atoms with Gasteiger partial charge in [-0.15, -0.1) is 0 Å². The van der Waals surface area contributed by atoms with Gasteiger partial charge in [0.25, 0.3) is 5.91 Å². The summed E-state index contributed by atoms with van der Waals surface area (Å²) in [5, 5.41) is 5.18. The number of nitrogens with one attached hydrogen (secondary N) is 1. The van der Waals surface area contributed by atoms with Gasteiger partial charge in [-0.25, -0.2) is 5.06 Å². The van der Waals surface area contributed by atoms with E-state index in [1.807, 2.05) is 78.9 Å². The zero-order valence-corrected chi connectivity index (χ0v) is 18.3. The van der Waals surface area contributed by atoms with Crippen molar-refractivity contribution in [2.45, 2.75) is 44.0 Å². The lowest BCUT2D eigenvalue weighted by Crippen LogP contribution is -2.59. The van der Waals surface area contributed by atoms with Crippen LogP contribution in [0.25, 0.3) is 0 Å². The lowest BCUT2D eigenvalue weighted by Gasteiger charge is -2.38. The highest BCUT2D eigenvalue weighted by molar-refractivity contribution is 5.93. The second-order valence-electron chi connectivity index (χ2n) is 8.30. The number of hydrogen-bond acceptors (Lipinski definition) is 4. The molecular formula is C27H31N3O2. The van der Waals surface area contributed by atoms with Crippen molar-refractivity contribution in [1.82, 2.24) is 10.4 Å². The Morgan fingerprint density at radius 3 is 2.16 bits per heavy atom. The van der Waals surface area contributed by atoms with Crippen LogP contribution >= 0.6 is 0 Å². The van der Waals surface area contributed by atoms with Crippen LogP contribution in [0, 0.1) is 0 Å². The summed E-state index contributed by atoms with van der Waals surface area (Å²) in [5.41, 5.74) is 9.50. The van der Waals surface area contributed by atoms with E-state index in [1.165, 1.54) is 5.56 Å². The maximum absolute atomic E-state index is 13.6. The first-order chi connectivity index (χ1) is 15.7. The molecule has 0 aromatic heterocycles. The van der Waals surface area contributed by atoms with Gasteiger partial charge >= 0.3 is 0 Å². The number of nitrogens with two attached hydrogens (primary N) is 1. The molecule has 5 nitrogen and oxygen atoms in total. The molecule has 1 amide bonds. The molecule has 0 aliphatic carbocycles. The van der Waals surface area contributed by atoms with Gasteiger partial charge in [-0.2, -0.15) is 0 Å². The van der Waals surface area contributed by atoms with E-state index in [4.69, 9.17) is 10.6 Å². The monoisotopic (exact) mass is 429 g/mol. The second-order valence-corrected chi connectivity index (χ2v) is 8.30. The number of nitrogens with zero attached hydrogens (tertiary/aromatic N) is 1. The van der Waals surface area contributed by atoms with E-state index in [0.717, 1.165) is 31.4 Å². The number of hydrogen-bond donors (Lipinski definition) is 2. The Hall–Kier alpha value is -2.99. The molecule has 1 heterocycles. The van der Waals surface area contributed by atoms with E-state index < -0.39 is 0 Å². The number of benzene rings is 3. The predicted octanol–water partition coefficient (Wildman–Crippen LogP) is 3.95. The molecular weight excluding hydrogens is 398 g/mol. The van der Waals surface area contributed by atoms with Gasteiger partial charge in [0, 0.05) is 17.6 Å². The molecule has 3 N–H and O–H groups in total. The van der Waals surface area contributed by atoms with Crippen LogP contribution in [0.5, 0.6) is 0 Å². The standard InChI is InChI=1S/C27H31N3O2/c28-24-17-10-18-29-25(19-21-11-4-1-5-12-21)26(24)30(27(31)23-15-8-3-9-16-23)32-20-22-13-6-2-7-14-22/h1-9,11-16,24-26,29H,10,17-20,28H2. The van der Waals surface area contributed by atoms with Crippen molar-refractivity contribution in [3.8, 4) is 0 Å². The third-order valence-corrected chi connectivity index (χ3v) is 5.97. The molecule has 166 valence electrons. The quantitative estimate of drug-likeness (QED) is 0.558. The van der Waals surface area contributed by atoms with Gasteiger partial charge in [-0.05, 0) is 49.1 Å². The first-order valence-electron chi connectivity index (χ1n) is 11.3. The van der Waals surface area contributed by atoms with E-state index in [2.05, 4.69) is 17.4 Å². The van der Waals surface area contributed by atoms with Crippen LogP contribution in [0.1, 0.15) is 34.3 Å². The van der Waals surface area contributed by atoms with Gasteiger partial charge in [0.15, 0.2) is 0 Å². The van der Waals surface area contributed by atoms with Gasteiger partial charge in [0.05, 0.1) is 6.04 Å². The molecule has 1 fully saturated rings. The molecule has 0 saturated carbocycles. The van der Waals surface area contributed by atoms with E-state index in [0.29, 0.717) is 12.2 Å². The predicted molar refractivity (Wildman–Crippen MR) is 127 cm³/mol. The van der Waals surface area contributed by atoms with E-state index in [9.17, 15) is 4.79 Å². The minimum absolute atomic E-state index is 0.0154. The SMILES string of the molecule is NC1CCCNC(Cc2ccccc2)C1N(OCc1ccccc1)C(=O)c1ccccc1. The highest BCUT2D eigenvalue weighted by Crippen LogP contribution is 2.23. The number of carbonyl (C=O) groups excluding carboxylic acids is 1. The summed E-state index contributed by atoms with van der Waals surface area (Å²) in [6.45, 7) is 1.18. The number of carbonyl (C=O) groups is 1. The lowest BCUT2D eigenvalue weighted by atomic mass is 9.93. The van der Waals surface area contributed by atoms with Crippen molar-refractivity contribution < 1.29 is 9.63 Å². The molecule has 1 aliphatic rings. The Bertz CT molecular complexity index is 966. The topological polar surface area (TPSA) is 67.6 Å². The van der Waals surface area contributed by atoms with E-state index in [-0.39, 0.29) is 24.0 Å². The van der Waals surface area contributed by atoms with Crippen LogP contribution in [0.2, 0.25) is 0 Å². The van der Waals surface area contributed by atoms with Gasteiger partial charge in [0.1, 0.15) is 6.61 Å². The molecule has 3 atom stereocenters. The Labute approximate surface area is 190 Å². The van der Waals surface area contributed by atoms with Crippen LogP contribution in [-0.2, 0) is 17.9 Å². The Kier molecular flexibility index (Phi) is 7.67. The third-order valence-electron chi connectivity index (χ3n) is 5.97. The first-order valence-corrected chi connectivity index (χ1v) is 11.3. The summed E-state index contributed by atoms with van der Waals surface area (Å²) in [4.78, 5) is 19.9. The van der Waals surface area contributed by atoms with Gasteiger partial charge in [0.2, 0.25) is 0 Å². The Morgan fingerprint density at radius 2 is 1.50 bits per heavy atom. The van der Waals surface area contributed by atoms with Crippen molar-refractivity contribution in [3.63, 3.8) is 0 Å². The molecule has 0 spiro atoms. The van der Waals surface area contributed by atoms with Crippen LogP contribution in [0.15, 0.2) is 91.0 Å². The minimum atomic E-state index is -0.297. The summed E-state index contributed by atoms with van der Waals surface area (Å²) < 4.78 is 0. The Morgan fingerprint density at radius 1 is 0.906 bits per heavy atom. The zero-order chi connectivity index (χ0) is 22.2. The van der Waals surface area contributed by atoms with Crippen molar-refractivity contribution >= 4 is 5.91 Å². The molecule has 3 aromatic carbocycles. The molecule has 1 aliphatic heterocycles. The Balaban J connectivity index is 1.65. The maximum Gasteiger partial charge on any atom is 0.277 e. The van der Waals surface area contributed by atoms with Crippen LogP contribution in [0.3, 0.4) is 0 Å². The summed E-state index contributed by atoms with van der Waals surface area (Å²) in [7, 11) is 0. The van der Waals surface area contributed by atoms with E-state index >= 15 is 0 Å². The van der Waals surface area contributed by atoms with Crippen molar-refractivity contribution in [1.29, 1.82) is 0 Å². The summed E-state index contributed by atoms with van der Waals surface area (Å²) >= 11 is 0. The molecule has 5 heteroatoms. The third kappa shape index (κ3) is 5.62. The second kappa shape index (κ2) is 11.0. The lowest BCUT2D eigenvalue weighted by molar-refractivity contribution is -0.168. The molecule has 3 unspecified atom stereocenters. The molecule has 3 aromatic rings. The van der Waals surface area contributed by atoms with Gasteiger partial charge < -0.3 is 11.1 Å². The highest BCUT2D eigenvalue weighted by atomic mass is 16.7. The number of hydroxylamine groups is 2. The fourth-order valence-electron chi connectivity index (χ4n) is 4.32. The molecule has 1 saturated heterocycles. The normalized spacial score (nSPS) is 21.0. The number of rotatable bonds is 7. The van der Waals surface area contributed by atoms with Crippen molar-refractivity contribution in [3.05, 3.63) is 108 Å². The fraction of sp³-hybridized carbons (Fsp3) is 0.296. The largest absolute Gasteiger partial charge is 0.326 e. The van der Waals surface area contributed by atoms with Crippen molar-refractivity contribution in [2.24, 2.45) is 5.73 Å². The average Bonchev–Trinajstić information content (AvgIpc) is 3.02. The van der Waals surface area contributed by atoms with Gasteiger partial charge in [-0.1, -0.05) is 78.9 Å². The van der Waals surface area contributed by atoms with Crippen LogP contribution < -0.4 is 11.1 Å². The molecule has 4 rings (SSSR count). The van der Waals surface area contributed by atoms with E-state index in [1.54, 1.807) is 5.06 Å². The van der Waals surface area contributed by atoms with Gasteiger partial charge in [-0.3, -0.25) is 9.63 Å². The molecule has 32 heavy (non-hydrogen) atoms. The number of amides is 1. The minimum Gasteiger partial charge on any atom is -0.326 e. The smallest absolute Gasteiger partial charge is 0.277 e. The molecule has 0 radical (unpaired) electrons. The van der Waals surface area contributed by atoms with Crippen LogP contribution in [-0.4, -0.2) is 35.6 Å². The zero-order valence-electron chi connectivity index (χ0n) is 18.3. The summed E-state index contributed by atoms with van der Waals surface area (Å²) in [6, 6.07) is 29.0. The maximum atomic E-state index is 13.6. The van der Waals surface area contributed by atoms with Crippen LogP contribution in [0.4, 0.5) is 0 Å².